The number of ether oxygens (including phenoxy) is 1. The third kappa shape index (κ3) is 3.68. The summed E-state index contributed by atoms with van der Waals surface area (Å²) in [5, 5.41) is 19.4. The number of non-ortho nitro benzene ring substituents is 1. The van der Waals surface area contributed by atoms with Gasteiger partial charge < -0.3 is 10.1 Å². The molecule has 3 N–H and O–H groups in total. The van der Waals surface area contributed by atoms with Crippen LogP contribution < -0.4 is 10.5 Å². The molecule has 1 aromatic carbocycles. The third-order valence-electron chi connectivity index (χ3n) is 4.81. The lowest BCUT2D eigenvalue weighted by Crippen LogP contribution is -2.42. The van der Waals surface area contributed by atoms with E-state index in [1.807, 2.05) is 0 Å². The topological polar surface area (TPSA) is 125 Å². The van der Waals surface area contributed by atoms with Crippen LogP contribution in [-0.4, -0.2) is 31.6 Å². The SMILES string of the molecule is NS(=O)(=O)c1cc(NC2CCOC3(CCCC3)C2)cc([N+](=O)[O-])c1. The highest BCUT2D eigenvalue weighted by molar-refractivity contribution is 7.89. The summed E-state index contributed by atoms with van der Waals surface area (Å²) in [5.41, 5.74) is -0.000650. The molecule has 8 nitrogen and oxygen atoms in total. The second kappa shape index (κ2) is 6.30. The van der Waals surface area contributed by atoms with Crippen LogP contribution in [0.1, 0.15) is 38.5 Å². The molecule has 2 fully saturated rings. The molecule has 3 rings (SSSR count). The lowest BCUT2D eigenvalue weighted by Gasteiger charge is -2.39. The fourth-order valence-corrected chi connectivity index (χ4v) is 4.27. The monoisotopic (exact) mass is 355 g/mol. The van der Waals surface area contributed by atoms with E-state index in [0.29, 0.717) is 12.3 Å². The van der Waals surface area contributed by atoms with Gasteiger partial charge in [0.25, 0.3) is 5.69 Å². The van der Waals surface area contributed by atoms with Crippen molar-refractivity contribution in [1.82, 2.24) is 0 Å². The molecular formula is C15H21N3O5S. The molecule has 1 saturated carbocycles. The zero-order valence-corrected chi connectivity index (χ0v) is 14.0. The largest absolute Gasteiger partial charge is 0.382 e. The predicted molar refractivity (Wildman–Crippen MR) is 88.3 cm³/mol. The molecule has 1 saturated heterocycles. The minimum Gasteiger partial charge on any atom is -0.382 e. The van der Waals surface area contributed by atoms with Crippen LogP contribution in [0.3, 0.4) is 0 Å². The number of hydrogen-bond acceptors (Lipinski definition) is 6. The Balaban J connectivity index is 1.83. The van der Waals surface area contributed by atoms with Gasteiger partial charge in [-0.25, -0.2) is 13.6 Å². The van der Waals surface area contributed by atoms with Crippen molar-refractivity contribution in [1.29, 1.82) is 0 Å². The first kappa shape index (κ1) is 17.1. The fraction of sp³-hybridized carbons (Fsp3) is 0.600. The Bertz CT molecular complexity index is 743. The van der Waals surface area contributed by atoms with E-state index in [1.54, 1.807) is 0 Å². The Morgan fingerprint density at radius 1 is 1.29 bits per heavy atom. The molecule has 1 spiro atoms. The maximum absolute atomic E-state index is 11.6. The van der Waals surface area contributed by atoms with Gasteiger partial charge in [-0.05, 0) is 31.7 Å². The molecule has 1 unspecified atom stereocenters. The Labute approximate surface area is 140 Å². The molecule has 0 radical (unpaired) electrons. The van der Waals surface area contributed by atoms with E-state index in [4.69, 9.17) is 9.88 Å². The average molecular weight is 355 g/mol. The fourth-order valence-electron chi connectivity index (χ4n) is 3.69. The smallest absolute Gasteiger partial charge is 0.272 e. The van der Waals surface area contributed by atoms with Crippen molar-refractivity contribution in [3.63, 3.8) is 0 Å². The number of anilines is 1. The summed E-state index contributed by atoms with van der Waals surface area (Å²) >= 11 is 0. The summed E-state index contributed by atoms with van der Waals surface area (Å²) in [6, 6.07) is 3.75. The molecule has 0 aromatic heterocycles. The van der Waals surface area contributed by atoms with Crippen molar-refractivity contribution in [2.45, 2.75) is 55.1 Å². The van der Waals surface area contributed by atoms with E-state index in [2.05, 4.69) is 5.32 Å². The summed E-state index contributed by atoms with van der Waals surface area (Å²) in [6.45, 7) is 0.634. The highest BCUT2D eigenvalue weighted by Crippen LogP contribution is 2.40. The standard InChI is InChI=1S/C15H21N3O5S/c16-24(21,22)14-8-12(7-13(9-14)18(19)20)17-11-3-6-23-15(10-11)4-1-2-5-15/h7-9,11,17H,1-6,10H2,(H2,16,21,22). The normalized spacial score (nSPS) is 23.3. The van der Waals surface area contributed by atoms with Crippen molar-refractivity contribution in [3.8, 4) is 0 Å². The van der Waals surface area contributed by atoms with Crippen molar-refractivity contribution < 1.29 is 18.1 Å². The number of hydrogen-bond donors (Lipinski definition) is 2. The Morgan fingerprint density at radius 2 is 2.00 bits per heavy atom. The minimum atomic E-state index is -4.01. The van der Waals surface area contributed by atoms with Crippen LogP contribution in [0.2, 0.25) is 0 Å². The summed E-state index contributed by atoms with van der Waals surface area (Å²) in [6.07, 6.45) is 5.96. The Morgan fingerprint density at radius 3 is 2.62 bits per heavy atom. The van der Waals surface area contributed by atoms with Gasteiger partial charge in [-0.15, -0.1) is 0 Å². The number of nitrogens with one attached hydrogen (secondary N) is 1. The molecule has 1 aliphatic carbocycles. The maximum Gasteiger partial charge on any atom is 0.272 e. The first-order valence-electron chi connectivity index (χ1n) is 8.00. The van der Waals surface area contributed by atoms with Crippen LogP contribution in [-0.2, 0) is 14.8 Å². The number of sulfonamides is 1. The summed E-state index contributed by atoms with van der Waals surface area (Å²) in [5.74, 6) is 0. The molecule has 1 heterocycles. The van der Waals surface area contributed by atoms with Gasteiger partial charge in [0, 0.05) is 30.5 Å². The number of rotatable bonds is 4. The molecule has 132 valence electrons. The van der Waals surface area contributed by atoms with Gasteiger partial charge in [0.15, 0.2) is 0 Å². The van der Waals surface area contributed by atoms with Gasteiger partial charge in [0.2, 0.25) is 10.0 Å². The molecule has 1 aromatic rings. The number of nitro benzene ring substituents is 1. The summed E-state index contributed by atoms with van der Waals surface area (Å²) < 4.78 is 29.1. The van der Waals surface area contributed by atoms with Crippen LogP contribution in [0.15, 0.2) is 23.1 Å². The number of nitro groups is 1. The van der Waals surface area contributed by atoms with Crippen LogP contribution in [0.4, 0.5) is 11.4 Å². The van der Waals surface area contributed by atoms with E-state index in [0.717, 1.165) is 44.6 Å². The van der Waals surface area contributed by atoms with Crippen molar-refractivity contribution in [2.24, 2.45) is 5.14 Å². The van der Waals surface area contributed by atoms with E-state index in [1.165, 1.54) is 12.1 Å². The average Bonchev–Trinajstić information content (AvgIpc) is 2.93. The first-order chi connectivity index (χ1) is 11.3. The molecular weight excluding hydrogens is 334 g/mol. The van der Waals surface area contributed by atoms with E-state index in [9.17, 15) is 18.5 Å². The Kier molecular flexibility index (Phi) is 4.50. The van der Waals surface area contributed by atoms with Crippen LogP contribution in [0.5, 0.6) is 0 Å². The van der Waals surface area contributed by atoms with Crippen LogP contribution in [0.25, 0.3) is 0 Å². The van der Waals surface area contributed by atoms with Crippen molar-refractivity contribution >= 4 is 21.4 Å². The minimum absolute atomic E-state index is 0.0900. The molecule has 24 heavy (non-hydrogen) atoms. The zero-order valence-electron chi connectivity index (χ0n) is 13.2. The lowest BCUT2D eigenvalue weighted by molar-refractivity contribution is -0.385. The van der Waals surface area contributed by atoms with E-state index in [-0.39, 0.29) is 22.2 Å². The summed E-state index contributed by atoms with van der Waals surface area (Å²) in [7, 11) is -4.01. The van der Waals surface area contributed by atoms with Gasteiger partial charge in [0.1, 0.15) is 0 Å². The molecule has 1 atom stereocenters. The first-order valence-corrected chi connectivity index (χ1v) is 9.55. The van der Waals surface area contributed by atoms with Gasteiger partial charge >= 0.3 is 0 Å². The van der Waals surface area contributed by atoms with Crippen LogP contribution in [0, 0.1) is 10.1 Å². The van der Waals surface area contributed by atoms with Crippen molar-refractivity contribution in [3.05, 3.63) is 28.3 Å². The highest BCUT2D eigenvalue weighted by atomic mass is 32.2. The second-order valence-electron chi connectivity index (χ2n) is 6.59. The second-order valence-corrected chi connectivity index (χ2v) is 8.15. The third-order valence-corrected chi connectivity index (χ3v) is 5.70. The zero-order chi connectivity index (χ0) is 17.4. The number of primary sulfonamides is 1. The number of nitrogens with two attached hydrogens (primary N) is 1. The van der Waals surface area contributed by atoms with Crippen LogP contribution >= 0.6 is 0 Å². The Hall–Kier alpha value is -1.71. The van der Waals surface area contributed by atoms with Gasteiger partial charge in [-0.2, -0.15) is 0 Å². The van der Waals surface area contributed by atoms with E-state index >= 15 is 0 Å². The summed E-state index contributed by atoms with van der Waals surface area (Å²) in [4.78, 5) is 10.2. The lowest BCUT2D eigenvalue weighted by atomic mass is 9.89. The molecule has 0 bridgehead atoms. The van der Waals surface area contributed by atoms with Crippen molar-refractivity contribution in [2.75, 3.05) is 11.9 Å². The predicted octanol–water partition coefficient (Wildman–Crippen LogP) is 2.15. The maximum atomic E-state index is 11.6. The van der Waals surface area contributed by atoms with Gasteiger partial charge in [-0.3, -0.25) is 10.1 Å². The molecule has 2 aliphatic rings. The van der Waals surface area contributed by atoms with Gasteiger partial charge in [0.05, 0.1) is 15.4 Å². The van der Waals surface area contributed by atoms with E-state index < -0.39 is 14.9 Å². The van der Waals surface area contributed by atoms with Gasteiger partial charge in [-0.1, -0.05) is 12.8 Å². The number of benzene rings is 1. The number of nitrogens with zero attached hydrogens (tertiary/aromatic N) is 1. The molecule has 9 heteroatoms. The highest BCUT2D eigenvalue weighted by Gasteiger charge is 2.39. The molecule has 1 aliphatic heterocycles. The quantitative estimate of drug-likeness (QED) is 0.630. The molecule has 0 amide bonds.